The number of hydrogen-bond donors (Lipinski definition) is 2. The highest BCUT2D eigenvalue weighted by Gasteiger charge is 2.31. The summed E-state index contributed by atoms with van der Waals surface area (Å²) in [5.41, 5.74) is 1.50. The van der Waals surface area contributed by atoms with E-state index in [2.05, 4.69) is 25.6 Å². The molecule has 0 aliphatic heterocycles. The Bertz CT molecular complexity index is 1680. The molecule has 2 N–H and O–H groups in total. The third-order valence-electron chi connectivity index (χ3n) is 6.48. The lowest BCUT2D eigenvalue weighted by molar-refractivity contribution is -0.137. The number of halogens is 3. The van der Waals surface area contributed by atoms with Gasteiger partial charge in [-0.2, -0.15) is 13.2 Å². The van der Waals surface area contributed by atoms with Gasteiger partial charge in [-0.1, -0.05) is 12.1 Å². The Labute approximate surface area is 219 Å². The first-order valence-corrected chi connectivity index (χ1v) is 12.8. The minimum absolute atomic E-state index is 0.327. The van der Waals surface area contributed by atoms with Crippen molar-refractivity contribution in [1.29, 1.82) is 0 Å². The summed E-state index contributed by atoms with van der Waals surface area (Å²) in [6, 6.07) is 10.8. The molecular weight excluding hydrogens is 513 g/mol. The number of fused-ring (bicyclic) bond motifs is 2. The first kappa shape index (κ1) is 24.1. The molecule has 5 aromatic rings. The molecule has 0 bridgehead atoms. The Morgan fingerprint density at radius 2 is 1.97 bits per heavy atom. The molecule has 7 nitrogen and oxygen atoms in total. The van der Waals surface area contributed by atoms with Crippen LogP contribution < -0.4 is 15.5 Å². The zero-order valence-electron chi connectivity index (χ0n) is 20.1. The van der Waals surface area contributed by atoms with Crippen molar-refractivity contribution in [3.8, 4) is 0 Å². The normalized spacial score (nSPS) is 13.6. The summed E-state index contributed by atoms with van der Waals surface area (Å²) in [6.45, 7) is 0. The fourth-order valence-corrected chi connectivity index (χ4v) is 5.27. The van der Waals surface area contributed by atoms with Crippen LogP contribution in [0.4, 0.5) is 36.1 Å². The summed E-state index contributed by atoms with van der Waals surface area (Å²) in [5.74, 6) is 0.332. The number of aromatic nitrogens is 3. The molecule has 6 rings (SSSR count). The molecule has 1 aliphatic carbocycles. The number of thiophene rings is 1. The number of amides is 1. The second-order valence-corrected chi connectivity index (χ2v) is 9.97. The molecular formula is C27H21F3N6OS. The van der Waals surface area contributed by atoms with Crippen molar-refractivity contribution in [3.05, 3.63) is 77.7 Å². The third-order valence-corrected chi connectivity index (χ3v) is 7.45. The lowest BCUT2D eigenvalue weighted by Gasteiger charge is -2.25. The maximum atomic E-state index is 13.6. The van der Waals surface area contributed by atoms with Crippen molar-refractivity contribution in [1.82, 2.24) is 15.0 Å². The predicted molar refractivity (Wildman–Crippen MR) is 143 cm³/mol. The van der Waals surface area contributed by atoms with Crippen LogP contribution in [-0.2, 0) is 6.18 Å². The molecule has 0 spiro atoms. The monoisotopic (exact) mass is 534 g/mol. The van der Waals surface area contributed by atoms with Gasteiger partial charge >= 0.3 is 6.18 Å². The molecule has 1 saturated carbocycles. The number of carbonyl (C=O) groups excluding carboxylic acids is 1. The van der Waals surface area contributed by atoms with Crippen LogP contribution in [0.3, 0.4) is 0 Å². The maximum Gasteiger partial charge on any atom is 0.416 e. The highest BCUT2D eigenvalue weighted by atomic mass is 32.1. The number of hydrogen-bond acceptors (Lipinski definition) is 7. The van der Waals surface area contributed by atoms with E-state index in [0.717, 1.165) is 35.1 Å². The number of rotatable bonds is 6. The quantitative estimate of drug-likeness (QED) is 0.248. The van der Waals surface area contributed by atoms with Crippen molar-refractivity contribution in [3.63, 3.8) is 0 Å². The summed E-state index contributed by atoms with van der Waals surface area (Å²) in [6.07, 6.45) is 2.41. The van der Waals surface area contributed by atoms with Gasteiger partial charge in [-0.3, -0.25) is 9.78 Å². The smallest absolute Gasteiger partial charge is 0.366 e. The molecule has 1 fully saturated rings. The molecule has 11 heteroatoms. The number of benzene rings is 2. The summed E-state index contributed by atoms with van der Waals surface area (Å²) >= 11 is 1.39. The lowest BCUT2D eigenvalue weighted by atomic mass is 10.1. The van der Waals surface area contributed by atoms with E-state index in [1.807, 2.05) is 6.07 Å². The SMILES string of the molecule is CN(c1cccc(C(F)(F)F)c1)c1ccc2cnccc2c1NC(=O)c1csc2c(NC3CC3)ncnc12. The third kappa shape index (κ3) is 4.49. The first-order chi connectivity index (χ1) is 18.3. The Morgan fingerprint density at radius 3 is 2.76 bits per heavy atom. The summed E-state index contributed by atoms with van der Waals surface area (Å²) in [4.78, 5) is 28.1. The van der Waals surface area contributed by atoms with Crippen LogP contribution in [0, 0.1) is 0 Å². The van der Waals surface area contributed by atoms with Gasteiger partial charge in [0.2, 0.25) is 0 Å². The number of carbonyl (C=O) groups is 1. The number of nitrogens with zero attached hydrogens (tertiary/aromatic N) is 4. The maximum absolute atomic E-state index is 13.6. The van der Waals surface area contributed by atoms with Gasteiger partial charge in [0, 0.05) is 47.3 Å². The molecule has 0 radical (unpaired) electrons. The minimum Gasteiger partial charge on any atom is -0.366 e. The molecule has 1 aliphatic rings. The van der Waals surface area contributed by atoms with Gasteiger partial charge in [0.05, 0.1) is 32.7 Å². The molecule has 0 unspecified atom stereocenters. The van der Waals surface area contributed by atoms with E-state index in [4.69, 9.17) is 0 Å². The van der Waals surface area contributed by atoms with Gasteiger partial charge < -0.3 is 15.5 Å². The molecule has 38 heavy (non-hydrogen) atoms. The van der Waals surface area contributed by atoms with E-state index >= 15 is 0 Å². The van der Waals surface area contributed by atoms with E-state index in [0.29, 0.717) is 45.4 Å². The lowest BCUT2D eigenvalue weighted by Crippen LogP contribution is -2.17. The Morgan fingerprint density at radius 1 is 1.13 bits per heavy atom. The van der Waals surface area contributed by atoms with Crippen LogP contribution in [0.1, 0.15) is 28.8 Å². The van der Waals surface area contributed by atoms with E-state index < -0.39 is 11.7 Å². The predicted octanol–water partition coefficient (Wildman–Crippen LogP) is 6.85. The molecule has 192 valence electrons. The van der Waals surface area contributed by atoms with E-state index in [9.17, 15) is 18.0 Å². The fourth-order valence-electron chi connectivity index (χ4n) is 4.31. The van der Waals surface area contributed by atoms with Crippen molar-refractivity contribution < 1.29 is 18.0 Å². The van der Waals surface area contributed by atoms with E-state index in [1.165, 1.54) is 23.7 Å². The fraction of sp³-hybridized carbons (Fsp3) is 0.185. The van der Waals surface area contributed by atoms with Crippen LogP contribution in [-0.4, -0.2) is 33.9 Å². The largest absolute Gasteiger partial charge is 0.416 e. The number of pyridine rings is 1. The van der Waals surface area contributed by atoms with E-state index in [1.54, 1.807) is 47.9 Å². The van der Waals surface area contributed by atoms with Gasteiger partial charge in [0.25, 0.3) is 5.91 Å². The van der Waals surface area contributed by atoms with Gasteiger partial charge in [0.15, 0.2) is 0 Å². The summed E-state index contributed by atoms with van der Waals surface area (Å²) in [7, 11) is 1.66. The molecule has 3 heterocycles. The van der Waals surface area contributed by atoms with Crippen molar-refractivity contribution in [2.75, 3.05) is 22.6 Å². The minimum atomic E-state index is -4.47. The highest BCUT2D eigenvalue weighted by Crippen LogP contribution is 2.39. The Hall–Kier alpha value is -4.25. The van der Waals surface area contributed by atoms with Crippen LogP contribution in [0.5, 0.6) is 0 Å². The molecule has 0 atom stereocenters. The van der Waals surface area contributed by atoms with Crippen LogP contribution in [0.2, 0.25) is 0 Å². The number of anilines is 4. The van der Waals surface area contributed by atoms with E-state index in [-0.39, 0.29) is 5.91 Å². The van der Waals surface area contributed by atoms with Crippen molar-refractivity contribution in [2.45, 2.75) is 25.1 Å². The van der Waals surface area contributed by atoms with Gasteiger partial charge in [-0.15, -0.1) is 11.3 Å². The van der Waals surface area contributed by atoms with Crippen molar-refractivity contribution >= 4 is 61.1 Å². The average Bonchev–Trinajstić information content (AvgIpc) is 3.62. The van der Waals surface area contributed by atoms with Crippen LogP contribution >= 0.6 is 11.3 Å². The van der Waals surface area contributed by atoms with Gasteiger partial charge in [-0.05, 0) is 43.2 Å². The van der Waals surface area contributed by atoms with Gasteiger partial charge in [0.1, 0.15) is 12.1 Å². The van der Waals surface area contributed by atoms with Gasteiger partial charge in [-0.25, -0.2) is 9.97 Å². The molecule has 1 amide bonds. The second kappa shape index (κ2) is 9.25. The topological polar surface area (TPSA) is 83.0 Å². The Balaban J connectivity index is 1.40. The highest BCUT2D eigenvalue weighted by molar-refractivity contribution is 7.18. The second-order valence-electron chi connectivity index (χ2n) is 9.09. The average molecular weight is 535 g/mol. The summed E-state index contributed by atoms with van der Waals surface area (Å²) in [5, 5.41) is 9.61. The zero-order chi connectivity index (χ0) is 26.4. The number of alkyl halides is 3. The molecule has 0 saturated heterocycles. The zero-order valence-corrected chi connectivity index (χ0v) is 20.9. The van der Waals surface area contributed by atoms with Crippen LogP contribution in [0.25, 0.3) is 21.0 Å². The number of nitrogens with one attached hydrogen (secondary N) is 2. The Kier molecular flexibility index (Phi) is 5.87. The molecule has 2 aromatic carbocycles. The first-order valence-electron chi connectivity index (χ1n) is 11.9. The molecule has 3 aromatic heterocycles. The standard InChI is InChI=1S/C27H21F3N6OS/c1-36(18-4-2-3-16(11-18)27(28,29)30)21-8-5-15-12-31-10-9-19(15)22(21)35-26(37)20-13-38-24-23(20)32-14-33-25(24)34-17-6-7-17/h2-5,8-14,17H,6-7H2,1H3,(H,35,37)(H,32,33,34). The van der Waals surface area contributed by atoms with Crippen LogP contribution in [0.15, 0.2) is 66.6 Å². The van der Waals surface area contributed by atoms with Crippen molar-refractivity contribution in [2.24, 2.45) is 0 Å². The summed E-state index contributed by atoms with van der Waals surface area (Å²) < 4.78 is 40.9.